The number of piperidine rings is 1. The Labute approximate surface area is 166 Å². The number of urea groups is 1. The molecule has 2 amide bonds. The van der Waals surface area contributed by atoms with Gasteiger partial charge in [0, 0.05) is 28.1 Å². The predicted molar refractivity (Wildman–Crippen MR) is 110 cm³/mol. The fourth-order valence-electron chi connectivity index (χ4n) is 3.09. The second-order valence-electron chi connectivity index (χ2n) is 6.26. The Balaban J connectivity index is 1.55. The molecule has 0 unspecified atom stereocenters. The number of rotatable bonds is 4. The van der Waals surface area contributed by atoms with Gasteiger partial charge in [0.2, 0.25) is 0 Å². The molecule has 1 aliphatic rings. The molecule has 0 spiro atoms. The fourth-order valence-corrected chi connectivity index (χ4v) is 3.61. The van der Waals surface area contributed by atoms with Gasteiger partial charge < -0.3 is 15.0 Å². The van der Waals surface area contributed by atoms with E-state index in [2.05, 4.69) is 27.9 Å². The highest BCUT2D eigenvalue weighted by atomic mass is 127. The molecule has 0 atom stereocenters. The molecule has 0 saturated carbocycles. The van der Waals surface area contributed by atoms with Crippen LogP contribution in [0.2, 0.25) is 0 Å². The molecule has 1 fully saturated rings. The van der Waals surface area contributed by atoms with E-state index in [1.807, 2.05) is 24.3 Å². The van der Waals surface area contributed by atoms with E-state index in [-0.39, 0.29) is 17.7 Å². The normalized spacial score (nSPS) is 14.8. The predicted octanol–water partition coefficient (Wildman–Crippen LogP) is 4.43. The number of para-hydroxylation sites is 1. The van der Waals surface area contributed by atoms with Gasteiger partial charge in [0.15, 0.2) is 5.78 Å². The van der Waals surface area contributed by atoms with Crippen molar-refractivity contribution in [3.8, 4) is 5.75 Å². The molecular weight excluding hydrogens is 443 g/mol. The maximum absolute atomic E-state index is 12.7. The molecule has 26 heavy (non-hydrogen) atoms. The number of ketones is 1. The van der Waals surface area contributed by atoms with E-state index in [4.69, 9.17) is 4.74 Å². The number of halogens is 1. The number of nitrogens with zero attached hydrogens (tertiary/aromatic N) is 1. The van der Waals surface area contributed by atoms with E-state index in [1.54, 1.807) is 36.3 Å². The summed E-state index contributed by atoms with van der Waals surface area (Å²) in [6.45, 7) is 1.17. The number of hydrogen-bond acceptors (Lipinski definition) is 3. The molecule has 1 aliphatic heterocycles. The topological polar surface area (TPSA) is 58.6 Å². The fraction of sp³-hybridized carbons (Fsp3) is 0.300. The monoisotopic (exact) mass is 464 g/mol. The highest BCUT2D eigenvalue weighted by Crippen LogP contribution is 2.24. The van der Waals surface area contributed by atoms with Crippen LogP contribution in [0.4, 0.5) is 10.5 Å². The molecule has 0 aromatic heterocycles. The number of methoxy groups -OCH3 is 1. The average molecular weight is 464 g/mol. The number of likely N-dealkylation sites (tertiary alicyclic amines) is 1. The molecule has 0 bridgehead atoms. The van der Waals surface area contributed by atoms with Gasteiger partial charge in [0.05, 0.1) is 12.8 Å². The van der Waals surface area contributed by atoms with Gasteiger partial charge in [-0.05, 0) is 71.8 Å². The summed E-state index contributed by atoms with van der Waals surface area (Å²) in [6.07, 6.45) is 1.37. The van der Waals surface area contributed by atoms with Crippen LogP contribution in [0.25, 0.3) is 0 Å². The molecule has 1 saturated heterocycles. The second kappa shape index (κ2) is 8.53. The lowest BCUT2D eigenvalue weighted by molar-refractivity contribution is 0.0859. The Hall–Kier alpha value is -2.09. The minimum atomic E-state index is -0.107. The van der Waals surface area contributed by atoms with Crippen LogP contribution in [-0.4, -0.2) is 36.9 Å². The summed E-state index contributed by atoms with van der Waals surface area (Å²) in [6, 6.07) is 14.8. The van der Waals surface area contributed by atoms with Crippen LogP contribution in [0, 0.1) is 9.49 Å². The molecule has 5 nitrogen and oxygen atoms in total. The number of Topliss-reactive ketones (excluding diaryl/α,β-unsaturated/α-hetero) is 1. The zero-order valence-corrected chi connectivity index (χ0v) is 16.7. The summed E-state index contributed by atoms with van der Waals surface area (Å²) >= 11 is 2.20. The van der Waals surface area contributed by atoms with Gasteiger partial charge in [-0.3, -0.25) is 4.79 Å². The van der Waals surface area contributed by atoms with E-state index in [0.717, 1.165) is 15.0 Å². The number of benzene rings is 2. The summed E-state index contributed by atoms with van der Waals surface area (Å²) in [5, 5.41) is 2.95. The van der Waals surface area contributed by atoms with Gasteiger partial charge >= 0.3 is 6.03 Å². The Kier molecular flexibility index (Phi) is 6.13. The van der Waals surface area contributed by atoms with Gasteiger partial charge in [0.1, 0.15) is 5.75 Å². The molecule has 2 aromatic carbocycles. The maximum atomic E-state index is 12.7. The first-order valence-electron chi connectivity index (χ1n) is 8.57. The van der Waals surface area contributed by atoms with Crippen molar-refractivity contribution in [1.29, 1.82) is 0 Å². The molecule has 6 heteroatoms. The van der Waals surface area contributed by atoms with Crippen molar-refractivity contribution in [2.24, 2.45) is 5.92 Å². The lowest BCUT2D eigenvalue weighted by Crippen LogP contribution is -2.42. The van der Waals surface area contributed by atoms with Crippen LogP contribution in [0.3, 0.4) is 0 Å². The molecule has 3 rings (SSSR count). The zero-order chi connectivity index (χ0) is 18.5. The number of hydrogen-bond donors (Lipinski definition) is 1. The van der Waals surface area contributed by atoms with Crippen molar-refractivity contribution in [2.45, 2.75) is 12.8 Å². The SMILES string of the molecule is COc1ccc(C(=O)C2CCN(C(=O)Nc3ccccc3I)CC2)cc1. The molecule has 0 aliphatic carbocycles. The minimum absolute atomic E-state index is 0.0377. The van der Waals surface area contributed by atoms with Crippen LogP contribution >= 0.6 is 22.6 Å². The molecule has 1 heterocycles. The maximum Gasteiger partial charge on any atom is 0.321 e. The summed E-state index contributed by atoms with van der Waals surface area (Å²) in [7, 11) is 1.61. The Morgan fingerprint density at radius 2 is 1.73 bits per heavy atom. The van der Waals surface area contributed by atoms with E-state index in [9.17, 15) is 9.59 Å². The van der Waals surface area contributed by atoms with E-state index in [0.29, 0.717) is 31.5 Å². The van der Waals surface area contributed by atoms with Crippen molar-refractivity contribution in [3.05, 3.63) is 57.7 Å². The van der Waals surface area contributed by atoms with Crippen LogP contribution in [0.15, 0.2) is 48.5 Å². The smallest absolute Gasteiger partial charge is 0.321 e. The van der Waals surface area contributed by atoms with Crippen molar-refractivity contribution in [1.82, 2.24) is 4.90 Å². The van der Waals surface area contributed by atoms with E-state index < -0.39 is 0 Å². The highest BCUT2D eigenvalue weighted by molar-refractivity contribution is 14.1. The standard InChI is InChI=1S/C20H21IN2O3/c1-26-16-8-6-14(7-9-16)19(24)15-10-12-23(13-11-15)20(25)22-18-5-3-2-4-17(18)21/h2-9,15H,10-13H2,1H3,(H,22,25). The molecule has 2 aromatic rings. The number of amides is 2. The lowest BCUT2D eigenvalue weighted by atomic mass is 9.89. The first-order valence-corrected chi connectivity index (χ1v) is 9.65. The Morgan fingerprint density at radius 1 is 1.08 bits per heavy atom. The van der Waals surface area contributed by atoms with Crippen LogP contribution in [-0.2, 0) is 0 Å². The number of anilines is 1. The molecule has 0 radical (unpaired) electrons. The second-order valence-corrected chi connectivity index (χ2v) is 7.43. The van der Waals surface area contributed by atoms with Gasteiger partial charge in [-0.2, -0.15) is 0 Å². The first kappa shape index (κ1) is 18.7. The zero-order valence-electron chi connectivity index (χ0n) is 14.6. The van der Waals surface area contributed by atoms with Gasteiger partial charge in [0.25, 0.3) is 0 Å². The number of carbonyl (C=O) groups excluding carboxylic acids is 2. The first-order chi connectivity index (χ1) is 12.6. The van der Waals surface area contributed by atoms with Crippen LogP contribution < -0.4 is 10.1 Å². The van der Waals surface area contributed by atoms with Crippen molar-refractivity contribution >= 4 is 40.1 Å². The summed E-state index contributed by atoms with van der Waals surface area (Å²) in [4.78, 5) is 26.9. The van der Waals surface area contributed by atoms with Crippen molar-refractivity contribution in [2.75, 3.05) is 25.5 Å². The molecule has 136 valence electrons. The van der Waals surface area contributed by atoms with Crippen molar-refractivity contribution in [3.63, 3.8) is 0 Å². The molecule has 1 N–H and O–H groups in total. The summed E-state index contributed by atoms with van der Waals surface area (Å²) in [5.74, 6) is 0.846. The third kappa shape index (κ3) is 4.35. The third-order valence-electron chi connectivity index (χ3n) is 4.64. The van der Waals surface area contributed by atoms with Crippen molar-refractivity contribution < 1.29 is 14.3 Å². The van der Waals surface area contributed by atoms with Crippen LogP contribution in [0.1, 0.15) is 23.2 Å². The Bertz CT molecular complexity index is 784. The highest BCUT2D eigenvalue weighted by Gasteiger charge is 2.28. The lowest BCUT2D eigenvalue weighted by Gasteiger charge is -2.31. The van der Waals surface area contributed by atoms with Gasteiger partial charge in [-0.25, -0.2) is 4.79 Å². The summed E-state index contributed by atoms with van der Waals surface area (Å²) < 4.78 is 6.13. The number of nitrogens with one attached hydrogen (secondary N) is 1. The Morgan fingerprint density at radius 3 is 2.35 bits per heavy atom. The largest absolute Gasteiger partial charge is 0.497 e. The van der Waals surface area contributed by atoms with Gasteiger partial charge in [-0.15, -0.1) is 0 Å². The third-order valence-corrected chi connectivity index (χ3v) is 5.58. The number of ether oxygens (including phenoxy) is 1. The quantitative estimate of drug-likeness (QED) is 0.538. The number of carbonyl (C=O) groups is 2. The molecular formula is C20H21IN2O3. The van der Waals surface area contributed by atoms with Crippen LogP contribution in [0.5, 0.6) is 5.75 Å². The minimum Gasteiger partial charge on any atom is -0.497 e. The average Bonchev–Trinajstić information content (AvgIpc) is 2.69. The van der Waals surface area contributed by atoms with E-state index >= 15 is 0 Å². The summed E-state index contributed by atoms with van der Waals surface area (Å²) in [5.41, 5.74) is 1.52. The van der Waals surface area contributed by atoms with E-state index in [1.165, 1.54) is 0 Å². The van der Waals surface area contributed by atoms with Gasteiger partial charge in [-0.1, -0.05) is 12.1 Å².